The fourth-order valence-corrected chi connectivity index (χ4v) is 6.17. The molecule has 0 unspecified atom stereocenters. The zero-order valence-electron chi connectivity index (χ0n) is 19.8. The highest BCUT2D eigenvalue weighted by atomic mass is 32.1. The molecular weight excluding hydrogens is 472 g/mol. The molecule has 0 spiro atoms. The highest BCUT2D eigenvalue weighted by Gasteiger charge is 2.22. The van der Waals surface area contributed by atoms with Gasteiger partial charge in [0.1, 0.15) is 16.9 Å². The van der Waals surface area contributed by atoms with Crippen LogP contribution in [-0.4, -0.2) is 9.61 Å². The minimum absolute atomic E-state index is 0.889. The molecule has 0 fully saturated rings. The first-order valence-electron chi connectivity index (χ1n) is 12.3. The molecular formula is C33H20N2OS. The van der Waals surface area contributed by atoms with Gasteiger partial charge in [0.15, 0.2) is 0 Å². The van der Waals surface area contributed by atoms with Gasteiger partial charge in [-0.15, -0.1) is 11.3 Å². The van der Waals surface area contributed by atoms with Crippen molar-refractivity contribution in [2.24, 2.45) is 0 Å². The van der Waals surface area contributed by atoms with Crippen LogP contribution in [-0.2, 0) is 0 Å². The van der Waals surface area contributed by atoms with Crippen molar-refractivity contribution in [2.75, 3.05) is 0 Å². The van der Waals surface area contributed by atoms with Crippen LogP contribution in [0.4, 0.5) is 0 Å². The van der Waals surface area contributed by atoms with Crippen molar-refractivity contribution in [1.82, 2.24) is 9.61 Å². The maximum absolute atomic E-state index is 6.12. The molecule has 8 aromatic rings. The fourth-order valence-electron chi connectivity index (χ4n) is 5.44. The van der Waals surface area contributed by atoms with Crippen LogP contribution in [0.2, 0.25) is 0 Å². The molecule has 4 heteroatoms. The number of furan rings is 1. The summed E-state index contributed by atoms with van der Waals surface area (Å²) < 4.78 is 8.26. The third kappa shape index (κ3) is 3.09. The lowest BCUT2D eigenvalue weighted by Gasteiger charge is -2.09. The normalized spacial score (nSPS) is 11.8. The first-order chi connectivity index (χ1) is 18.3. The minimum atomic E-state index is 0.889. The Bertz CT molecular complexity index is 2080. The van der Waals surface area contributed by atoms with Crippen LogP contribution in [0.5, 0.6) is 0 Å². The number of nitrogens with zero attached hydrogens (tertiary/aromatic N) is 2. The molecule has 4 aromatic heterocycles. The molecule has 0 aliphatic heterocycles. The summed E-state index contributed by atoms with van der Waals surface area (Å²) >= 11 is 1.74. The fraction of sp³-hybridized carbons (Fsp3) is 0. The van der Waals surface area contributed by atoms with E-state index in [-0.39, 0.29) is 0 Å². The highest BCUT2D eigenvalue weighted by Crippen LogP contribution is 2.42. The van der Waals surface area contributed by atoms with E-state index >= 15 is 0 Å². The second-order valence-electron chi connectivity index (χ2n) is 9.25. The van der Waals surface area contributed by atoms with E-state index in [1.165, 1.54) is 15.6 Å². The Morgan fingerprint density at radius 2 is 1.41 bits per heavy atom. The summed E-state index contributed by atoms with van der Waals surface area (Å²) in [4.78, 5) is 1.20. The van der Waals surface area contributed by atoms with Gasteiger partial charge in [0.05, 0.1) is 16.1 Å². The number of benzene rings is 4. The Kier molecular flexibility index (Phi) is 4.39. The third-order valence-electron chi connectivity index (χ3n) is 7.11. The molecule has 174 valence electrons. The summed E-state index contributed by atoms with van der Waals surface area (Å²) in [6, 6.07) is 40.4. The lowest BCUT2D eigenvalue weighted by Crippen LogP contribution is -1.94. The van der Waals surface area contributed by atoms with E-state index in [2.05, 4.69) is 113 Å². The van der Waals surface area contributed by atoms with Crippen LogP contribution in [0, 0.1) is 0 Å². The van der Waals surface area contributed by atoms with E-state index < -0.39 is 0 Å². The molecule has 0 atom stereocenters. The van der Waals surface area contributed by atoms with Crippen molar-refractivity contribution in [2.45, 2.75) is 0 Å². The van der Waals surface area contributed by atoms with Gasteiger partial charge in [0, 0.05) is 27.3 Å². The van der Waals surface area contributed by atoms with E-state index in [0.29, 0.717) is 0 Å². The first kappa shape index (κ1) is 20.5. The summed E-state index contributed by atoms with van der Waals surface area (Å²) in [7, 11) is 0. The Morgan fingerprint density at radius 3 is 2.27 bits per heavy atom. The number of fused-ring (bicyclic) bond motifs is 6. The molecule has 0 saturated heterocycles. The topological polar surface area (TPSA) is 30.4 Å². The number of rotatable bonds is 3. The van der Waals surface area contributed by atoms with E-state index in [1.54, 1.807) is 11.3 Å². The van der Waals surface area contributed by atoms with Crippen molar-refractivity contribution in [3.8, 4) is 33.0 Å². The molecule has 0 aliphatic carbocycles. The lowest BCUT2D eigenvalue weighted by molar-refractivity contribution is 0.669. The Labute approximate surface area is 216 Å². The van der Waals surface area contributed by atoms with Gasteiger partial charge >= 0.3 is 0 Å². The number of hydrogen-bond donors (Lipinski definition) is 0. The van der Waals surface area contributed by atoms with E-state index in [4.69, 9.17) is 9.52 Å². The van der Waals surface area contributed by atoms with Crippen molar-refractivity contribution < 1.29 is 4.42 Å². The SMILES string of the molecule is c1ccc(-c2c(-c3ccc4oc5ccccc5c4c3)nn3c(-c4cccs4)cc4ccccc4c23)cc1. The molecule has 3 nitrogen and oxygen atoms in total. The lowest BCUT2D eigenvalue weighted by atomic mass is 9.96. The van der Waals surface area contributed by atoms with Crippen LogP contribution in [0.3, 0.4) is 0 Å². The number of thiophene rings is 1. The molecule has 4 aromatic carbocycles. The number of hydrogen-bond acceptors (Lipinski definition) is 3. The Hall–Kier alpha value is -4.67. The molecule has 0 saturated carbocycles. The predicted molar refractivity (Wildman–Crippen MR) is 154 cm³/mol. The summed E-state index contributed by atoms with van der Waals surface area (Å²) in [5.41, 5.74) is 8.34. The van der Waals surface area contributed by atoms with Gasteiger partial charge in [-0.3, -0.25) is 0 Å². The molecule has 8 rings (SSSR count). The van der Waals surface area contributed by atoms with Gasteiger partial charge < -0.3 is 4.42 Å². The molecule has 0 aliphatic rings. The van der Waals surface area contributed by atoms with Crippen LogP contribution in [0.1, 0.15) is 0 Å². The average molecular weight is 493 g/mol. The summed E-state index contributed by atoms with van der Waals surface area (Å²) in [5, 5.41) is 12.1. The maximum Gasteiger partial charge on any atom is 0.135 e. The predicted octanol–water partition coefficient (Wildman–Crippen LogP) is 9.45. The van der Waals surface area contributed by atoms with Gasteiger partial charge in [-0.1, -0.05) is 78.9 Å². The van der Waals surface area contributed by atoms with E-state index in [1.807, 2.05) is 12.1 Å². The van der Waals surface area contributed by atoms with Crippen LogP contribution in [0.25, 0.3) is 71.2 Å². The molecule has 0 radical (unpaired) electrons. The van der Waals surface area contributed by atoms with Crippen molar-refractivity contribution in [3.63, 3.8) is 0 Å². The quantitative estimate of drug-likeness (QED) is 0.246. The standard InChI is InChI=1S/C33H20N2OS/c1-2-9-21(10-3-1)31-32(23-16-17-29-26(19-23)25-13-6-7-14-28(25)36-29)34-35-27(30-15-8-18-37-30)20-22-11-4-5-12-24(22)33(31)35/h1-20H. The summed E-state index contributed by atoms with van der Waals surface area (Å²) in [6.45, 7) is 0. The Morgan fingerprint density at radius 1 is 0.622 bits per heavy atom. The zero-order chi connectivity index (χ0) is 24.3. The van der Waals surface area contributed by atoms with Crippen molar-refractivity contribution >= 4 is 49.6 Å². The van der Waals surface area contributed by atoms with Gasteiger partial charge in [-0.25, -0.2) is 4.52 Å². The molecule has 37 heavy (non-hydrogen) atoms. The summed E-state index contributed by atoms with van der Waals surface area (Å²) in [6.07, 6.45) is 0. The van der Waals surface area contributed by atoms with Crippen LogP contribution in [0.15, 0.2) is 125 Å². The van der Waals surface area contributed by atoms with E-state index in [0.717, 1.165) is 55.5 Å². The smallest absolute Gasteiger partial charge is 0.135 e. The van der Waals surface area contributed by atoms with Gasteiger partial charge in [0.2, 0.25) is 0 Å². The Balaban J connectivity index is 1.53. The van der Waals surface area contributed by atoms with E-state index in [9.17, 15) is 0 Å². The van der Waals surface area contributed by atoms with Gasteiger partial charge in [-0.2, -0.15) is 5.10 Å². The first-order valence-corrected chi connectivity index (χ1v) is 13.2. The molecule has 0 bridgehead atoms. The number of pyridine rings is 1. The van der Waals surface area contributed by atoms with Crippen molar-refractivity contribution in [3.05, 3.63) is 121 Å². The number of aromatic nitrogens is 2. The number of para-hydroxylation sites is 1. The van der Waals surface area contributed by atoms with Gasteiger partial charge in [0.25, 0.3) is 0 Å². The average Bonchev–Trinajstić information content (AvgIpc) is 3.70. The largest absolute Gasteiger partial charge is 0.456 e. The van der Waals surface area contributed by atoms with Crippen molar-refractivity contribution in [1.29, 1.82) is 0 Å². The second-order valence-corrected chi connectivity index (χ2v) is 10.2. The monoisotopic (exact) mass is 492 g/mol. The van der Waals surface area contributed by atoms with Gasteiger partial charge in [-0.05, 0) is 52.7 Å². The molecule has 0 amide bonds. The second kappa shape index (κ2) is 7.92. The molecule has 4 heterocycles. The zero-order valence-corrected chi connectivity index (χ0v) is 20.6. The van der Waals surface area contributed by atoms with Crippen LogP contribution >= 0.6 is 11.3 Å². The minimum Gasteiger partial charge on any atom is -0.456 e. The summed E-state index contributed by atoms with van der Waals surface area (Å²) in [5.74, 6) is 0. The third-order valence-corrected chi connectivity index (χ3v) is 8.00. The van der Waals surface area contributed by atoms with Crippen LogP contribution < -0.4 is 0 Å². The maximum atomic E-state index is 6.12. The highest BCUT2D eigenvalue weighted by molar-refractivity contribution is 7.13. The molecule has 0 N–H and O–H groups in total.